The molecule has 0 saturated heterocycles. The molecule has 0 aliphatic heterocycles. The van der Waals surface area contributed by atoms with Crippen LogP contribution in [0.5, 0.6) is 0 Å². The molecule has 1 aliphatic rings. The number of para-hydroxylation sites is 1. The molecule has 0 amide bonds. The predicted octanol–water partition coefficient (Wildman–Crippen LogP) is 3.48. The highest BCUT2D eigenvalue weighted by molar-refractivity contribution is 6.05. The molecule has 0 spiro atoms. The maximum absolute atomic E-state index is 12.5. The number of hydrogen-bond acceptors (Lipinski definition) is 4. The van der Waals surface area contributed by atoms with E-state index in [0.29, 0.717) is 17.2 Å². The average Bonchev–Trinajstić information content (AvgIpc) is 3.32. The second-order valence-electron chi connectivity index (χ2n) is 5.97. The van der Waals surface area contributed by atoms with Crippen molar-refractivity contribution in [1.82, 2.24) is 9.97 Å². The van der Waals surface area contributed by atoms with E-state index >= 15 is 0 Å². The first-order chi connectivity index (χ1) is 11.7. The Morgan fingerprint density at radius 2 is 2.00 bits per heavy atom. The standard InChI is InChI=1S/C19H16N2O3/c22-18(16-6-3-9-20-16)11-24-19(23)14-10-17(12-7-8-12)21-15-5-2-1-4-13(14)15/h1-6,9-10,12,20H,7-8,11H2. The number of aromatic amines is 1. The van der Waals surface area contributed by atoms with Gasteiger partial charge in [0.1, 0.15) is 0 Å². The van der Waals surface area contributed by atoms with Gasteiger partial charge in [0.15, 0.2) is 6.61 Å². The Balaban J connectivity index is 1.60. The van der Waals surface area contributed by atoms with Crippen molar-refractivity contribution in [3.63, 3.8) is 0 Å². The molecule has 0 atom stereocenters. The van der Waals surface area contributed by atoms with Crippen molar-refractivity contribution < 1.29 is 14.3 Å². The molecule has 1 aromatic carbocycles. The second-order valence-corrected chi connectivity index (χ2v) is 5.97. The van der Waals surface area contributed by atoms with Crippen molar-refractivity contribution in [2.75, 3.05) is 6.61 Å². The number of ether oxygens (including phenoxy) is 1. The Kier molecular flexibility index (Phi) is 3.61. The average molecular weight is 320 g/mol. The van der Waals surface area contributed by atoms with E-state index in [-0.39, 0.29) is 12.4 Å². The molecule has 0 unspecified atom stereocenters. The number of benzene rings is 1. The molecule has 4 rings (SSSR count). The number of pyridine rings is 1. The Morgan fingerprint density at radius 3 is 2.75 bits per heavy atom. The number of hydrogen-bond donors (Lipinski definition) is 1. The molecule has 24 heavy (non-hydrogen) atoms. The molecule has 1 saturated carbocycles. The van der Waals surface area contributed by atoms with Crippen LogP contribution in [0.3, 0.4) is 0 Å². The van der Waals surface area contributed by atoms with Gasteiger partial charge in [0, 0.05) is 23.2 Å². The summed E-state index contributed by atoms with van der Waals surface area (Å²) in [6, 6.07) is 12.7. The predicted molar refractivity (Wildman–Crippen MR) is 89.1 cm³/mol. The maximum Gasteiger partial charge on any atom is 0.339 e. The summed E-state index contributed by atoms with van der Waals surface area (Å²) in [6.07, 6.45) is 3.86. The summed E-state index contributed by atoms with van der Waals surface area (Å²) < 4.78 is 5.24. The highest BCUT2D eigenvalue weighted by atomic mass is 16.5. The molecule has 2 aromatic heterocycles. The van der Waals surface area contributed by atoms with Gasteiger partial charge in [0.25, 0.3) is 0 Å². The Bertz CT molecular complexity index is 912. The lowest BCUT2D eigenvalue weighted by molar-refractivity contribution is 0.0475. The number of nitrogens with one attached hydrogen (secondary N) is 1. The fourth-order valence-electron chi connectivity index (χ4n) is 2.74. The van der Waals surface area contributed by atoms with Crippen LogP contribution < -0.4 is 0 Å². The fraction of sp³-hybridized carbons (Fsp3) is 0.211. The maximum atomic E-state index is 12.5. The molecule has 120 valence electrons. The molecule has 3 aromatic rings. The van der Waals surface area contributed by atoms with Crippen molar-refractivity contribution in [3.05, 3.63) is 65.6 Å². The Morgan fingerprint density at radius 1 is 1.17 bits per heavy atom. The van der Waals surface area contributed by atoms with Crippen molar-refractivity contribution in [2.45, 2.75) is 18.8 Å². The van der Waals surface area contributed by atoms with Gasteiger partial charge >= 0.3 is 5.97 Å². The number of ketones is 1. The first kappa shape index (κ1) is 14.6. The third-order valence-electron chi connectivity index (χ3n) is 4.18. The van der Waals surface area contributed by atoms with Gasteiger partial charge in [-0.05, 0) is 37.1 Å². The summed E-state index contributed by atoms with van der Waals surface area (Å²) in [5.74, 6) is -0.314. The highest BCUT2D eigenvalue weighted by Gasteiger charge is 2.27. The van der Waals surface area contributed by atoms with Crippen molar-refractivity contribution in [2.24, 2.45) is 0 Å². The van der Waals surface area contributed by atoms with Crippen molar-refractivity contribution in [1.29, 1.82) is 0 Å². The van der Waals surface area contributed by atoms with Crippen molar-refractivity contribution in [3.8, 4) is 0 Å². The third-order valence-corrected chi connectivity index (χ3v) is 4.18. The zero-order valence-corrected chi connectivity index (χ0v) is 13.0. The zero-order valence-electron chi connectivity index (χ0n) is 13.0. The summed E-state index contributed by atoms with van der Waals surface area (Å²) in [7, 11) is 0. The molecule has 1 fully saturated rings. The van der Waals surface area contributed by atoms with Gasteiger partial charge in [-0.25, -0.2) is 4.79 Å². The van der Waals surface area contributed by atoms with Crippen LogP contribution in [0, 0.1) is 0 Å². The number of nitrogens with zero attached hydrogens (tertiary/aromatic N) is 1. The molecule has 1 N–H and O–H groups in total. The summed E-state index contributed by atoms with van der Waals surface area (Å²) in [6.45, 7) is -0.283. The van der Waals surface area contributed by atoms with E-state index in [2.05, 4.69) is 9.97 Å². The molecule has 2 heterocycles. The molecule has 0 bridgehead atoms. The van der Waals surface area contributed by atoms with Gasteiger partial charge in [0.05, 0.1) is 16.8 Å². The first-order valence-corrected chi connectivity index (χ1v) is 7.96. The summed E-state index contributed by atoms with van der Waals surface area (Å²) >= 11 is 0. The van der Waals surface area contributed by atoms with Crippen LogP contribution in [-0.4, -0.2) is 28.3 Å². The SMILES string of the molecule is O=C(COC(=O)c1cc(C2CC2)nc2ccccc12)c1ccc[nH]1. The quantitative estimate of drug-likeness (QED) is 0.577. The number of carbonyl (C=O) groups excluding carboxylic acids is 2. The summed E-state index contributed by atoms with van der Waals surface area (Å²) in [5, 5.41) is 0.749. The molecule has 1 aliphatic carbocycles. The number of carbonyl (C=O) groups is 2. The van der Waals surface area contributed by atoms with Gasteiger partial charge < -0.3 is 9.72 Å². The van der Waals surface area contributed by atoms with Gasteiger partial charge in [-0.3, -0.25) is 9.78 Å². The highest BCUT2D eigenvalue weighted by Crippen LogP contribution is 2.40. The number of rotatable bonds is 5. The number of H-pyrrole nitrogens is 1. The Hall–Kier alpha value is -2.95. The zero-order chi connectivity index (χ0) is 16.5. The Labute approximate surface area is 138 Å². The lowest BCUT2D eigenvalue weighted by atomic mass is 10.1. The van der Waals surface area contributed by atoms with Crippen LogP contribution in [-0.2, 0) is 4.74 Å². The van der Waals surface area contributed by atoms with Crippen LogP contribution >= 0.6 is 0 Å². The van der Waals surface area contributed by atoms with E-state index in [1.807, 2.05) is 24.3 Å². The summed E-state index contributed by atoms with van der Waals surface area (Å²) in [4.78, 5) is 31.9. The van der Waals surface area contributed by atoms with Crippen LogP contribution in [0.1, 0.15) is 45.3 Å². The lowest BCUT2D eigenvalue weighted by Crippen LogP contribution is -2.15. The number of esters is 1. The van der Waals surface area contributed by atoms with E-state index in [1.165, 1.54) is 0 Å². The van der Waals surface area contributed by atoms with E-state index < -0.39 is 5.97 Å². The van der Waals surface area contributed by atoms with Crippen molar-refractivity contribution >= 4 is 22.7 Å². The monoisotopic (exact) mass is 320 g/mol. The van der Waals surface area contributed by atoms with Crippen LogP contribution in [0.4, 0.5) is 0 Å². The van der Waals surface area contributed by atoms with Crippen LogP contribution in [0.25, 0.3) is 10.9 Å². The van der Waals surface area contributed by atoms with E-state index in [4.69, 9.17) is 4.74 Å². The minimum Gasteiger partial charge on any atom is -0.454 e. The smallest absolute Gasteiger partial charge is 0.339 e. The van der Waals surface area contributed by atoms with Gasteiger partial charge in [-0.1, -0.05) is 18.2 Å². The third kappa shape index (κ3) is 2.80. The number of aromatic nitrogens is 2. The second kappa shape index (κ2) is 5.92. The largest absolute Gasteiger partial charge is 0.454 e. The molecular formula is C19H16N2O3. The first-order valence-electron chi connectivity index (χ1n) is 7.96. The molecular weight excluding hydrogens is 304 g/mol. The minimum absolute atomic E-state index is 0.255. The van der Waals surface area contributed by atoms with Gasteiger partial charge in [-0.15, -0.1) is 0 Å². The van der Waals surface area contributed by atoms with Gasteiger partial charge in [0.2, 0.25) is 5.78 Å². The van der Waals surface area contributed by atoms with E-state index in [1.54, 1.807) is 24.4 Å². The fourth-order valence-corrected chi connectivity index (χ4v) is 2.74. The van der Waals surface area contributed by atoms with Crippen LogP contribution in [0.15, 0.2) is 48.7 Å². The lowest BCUT2D eigenvalue weighted by Gasteiger charge is -2.09. The van der Waals surface area contributed by atoms with E-state index in [9.17, 15) is 9.59 Å². The number of fused-ring (bicyclic) bond motifs is 1. The molecule has 0 radical (unpaired) electrons. The normalized spacial score (nSPS) is 13.8. The number of Topliss-reactive ketones (excluding diaryl/α,β-unsaturated/α-hetero) is 1. The van der Waals surface area contributed by atoms with Gasteiger partial charge in [-0.2, -0.15) is 0 Å². The van der Waals surface area contributed by atoms with Crippen LogP contribution in [0.2, 0.25) is 0 Å². The molecule has 5 heteroatoms. The molecule has 5 nitrogen and oxygen atoms in total. The summed E-state index contributed by atoms with van der Waals surface area (Å²) in [5.41, 5.74) is 2.61. The topological polar surface area (TPSA) is 72.1 Å². The van der Waals surface area contributed by atoms with E-state index in [0.717, 1.165) is 29.4 Å². The minimum atomic E-state index is -0.490.